The standard InChI is InChI=1S/C24H50N2O4S/c1-5-6-7-8-9-10-11-12-13-14-15-16-17-19-24(27)25-20-18-21-26(3,4)22-23(2)31(28,29)30/h23H,5-22H2,1-4H3,(H-,25,27,28,29,30). The maximum absolute atomic E-state index is 11.9. The van der Waals surface area contributed by atoms with Crippen molar-refractivity contribution >= 4 is 16.0 Å². The van der Waals surface area contributed by atoms with E-state index in [-0.39, 0.29) is 5.91 Å². The molecule has 0 aromatic carbocycles. The number of nitrogens with one attached hydrogen (secondary N) is 1. The molecule has 0 heterocycles. The molecule has 0 aliphatic heterocycles. The molecule has 6 nitrogen and oxygen atoms in total. The van der Waals surface area contributed by atoms with Gasteiger partial charge in [-0.15, -0.1) is 0 Å². The summed E-state index contributed by atoms with van der Waals surface area (Å²) in [4.78, 5) is 11.9. The fourth-order valence-electron chi connectivity index (χ4n) is 4.01. The molecule has 0 saturated carbocycles. The molecule has 186 valence electrons. The Morgan fingerprint density at radius 1 is 0.839 bits per heavy atom. The molecule has 0 aliphatic carbocycles. The van der Waals surface area contributed by atoms with Gasteiger partial charge in [-0.05, 0) is 13.3 Å². The van der Waals surface area contributed by atoms with Crippen LogP contribution in [0.4, 0.5) is 0 Å². The van der Waals surface area contributed by atoms with E-state index >= 15 is 0 Å². The number of carbonyl (C=O) groups excluding carboxylic acids is 1. The van der Waals surface area contributed by atoms with Crippen molar-refractivity contribution < 1.29 is 22.2 Å². The van der Waals surface area contributed by atoms with Crippen molar-refractivity contribution in [2.75, 3.05) is 33.7 Å². The van der Waals surface area contributed by atoms with Crippen LogP contribution in [0, 0.1) is 0 Å². The van der Waals surface area contributed by atoms with Gasteiger partial charge in [0.25, 0.3) is 0 Å². The predicted octanol–water partition coefficient (Wildman–Crippen LogP) is 4.98. The molecule has 0 radical (unpaired) electrons. The Balaban J connectivity index is 3.53. The number of carbonyl (C=O) groups is 1. The Hall–Kier alpha value is -0.660. The van der Waals surface area contributed by atoms with Crippen molar-refractivity contribution in [3.05, 3.63) is 0 Å². The zero-order chi connectivity index (χ0) is 23.6. The van der Waals surface area contributed by atoms with E-state index in [1.807, 2.05) is 14.1 Å². The van der Waals surface area contributed by atoms with Crippen LogP contribution in [0.3, 0.4) is 0 Å². The van der Waals surface area contributed by atoms with Crippen LogP contribution >= 0.6 is 0 Å². The van der Waals surface area contributed by atoms with Crippen LogP contribution in [-0.2, 0) is 14.9 Å². The minimum Gasteiger partial charge on any atom is -0.748 e. The molecule has 0 spiro atoms. The maximum Gasteiger partial charge on any atom is 0.219 e. The average Bonchev–Trinajstić information content (AvgIpc) is 2.68. The first-order valence-corrected chi connectivity index (χ1v) is 14.1. The lowest BCUT2D eigenvalue weighted by Crippen LogP contribution is -2.47. The molecular formula is C24H50N2O4S. The zero-order valence-corrected chi connectivity index (χ0v) is 21.6. The van der Waals surface area contributed by atoms with E-state index < -0.39 is 15.4 Å². The van der Waals surface area contributed by atoms with Gasteiger partial charge in [0.15, 0.2) is 0 Å². The summed E-state index contributed by atoms with van der Waals surface area (Å²) in [6.07, 6.45) is 18.2. The second kappa shape index (κ2) is 17.8. The summed E-state index contributed by atoms with van der Waals surface area (Å²) >= 11 is 0. The Morgan fingerprint density at radius 2 is 1.29 bits per heavy atom. The van der Waals surface area contributed by atoms with Gasteiger partial charge in [0, 0.05) is 19.4 Å². The third kappa shape index (κ3) is 19.7. The number of nitrogens with zero attached hydrogens (tertiary/aromatic N) is 1. The smallest absolute Gasteiger partial charge is 0.219 e. The van der Waals surface area contributed by atoms with Gasteiger partial charge in [0.05, 0.1) is 32.4 Å². The monoisotopic (exact) mass is 462 g/mol. The number of quaternary nitrogens is 1. The summed E-state index contributed by atoms with van der Waals surface area (Å²) in [6.45, 7) is 5.32. The molecule has 1 amide bonds. The van der Waals surface area contributed by atoms with Crippen molar-refractivity contribution in [2.45, 2.75) is 115 Å². The second-order valence-corrected chi connectivity index (χ2v) is 11.6. The van der Waals surface area contributed by atoms with Gasteiger partial charge in [-0.25, -0.2) is 8.42 Å². The van der Waals surface area contributed by atoms with Crippen LogP contribution in [0.25, 0.3) is 0 Å². The van der Waals surface area contributed by atoms with Gasteiger partial charge >= 0.3 is 0 Å². The second-order valence-electron chi connectivity index (χ2n) is 9.84. The maximum atomic E-state index is 11.9. The minimum atomic E-state index is -4.24. The molecule has 0 aromatic rings. The first-order chi connectivity index (χ1) is 14.6. The molecule has 0 aliphatic rings. The third-order valence-electron chi connectivity index (χ3n) is 6.01. The van der Waals surface area contributed by atoms with Crippen molar-refractivity contribution in [1.29, 1.82) is 0 Å². The molecule has 0 bridgehead atoms. The van der Waals surface area contributed by atoms with E-state index in [0.29, 0.717) is 24.0 Å². The van der Waals surface area contributed by atoms with E-state index in [1.165, 1.54) is 77.6 Å². The SMILES string of the molecule is CCCCCCCCCCCCCCCC(=O)NCCC[N+](C)(C)CC(C)S(=O)(=O)[O-]. The number of amides is 1. The van der Waals surface area contributed by atoms with Crippen molar-refractivity contribution in [3.8, 4) is 0 Å². The molecule has 1 atom stereocenters. The fraction of sp³-hybridized carbons (Fsp3) is 0.958. The Kier molecular flexibility index (Phi) is 17.5. The fourth-order valence-corrected chi connectivity index (χ4v) is 4.59. The van der Waals surface area contributed by atoms with Gasteiger partial charge in [0.1, 0.15) is 10.1 Å². The first kappa shape index (κ1) is 30.3. The van der Waals surface area contributed by atoms with Crippen LogP contribution in [0.1, 0.15) is 110 Å². The summed E-state index contributed by atoms with van der Waals surface area (Å²) in [6, 6.07) is 0. The number of unbranched alkanes of at least 4 members (excludes halogenated alkanes) is 12. The molecule has 7 heteroatoms. The molecular weight excluding hydrogens is 412 g/mol. The highest BCUT2D eigenvalue weighted by Gasteiger charge is 2.22. The summed E-state index contributed by atoms with van der Waals surface area (Å²) in [5.41, 5.74) is 0. The first-order valence-electron chi connectivity index (χ1n) is 12.6. The highest BCUT2D eigenvalue weighted by molar-refractivity contribution is 7.86. The lowest BCUT2D eigenvalue weighted by Gasteiger charge is -2.33. The van der Waals surface area contributed by atoms with Crippen LogP contribution in [0.15, 0.2) is 0 Å². The van der Waals surface area contributed by atoms with Gasteiger partial charge in [-0.2, -0.15) is 0 Å². The van der Waals surface area contributed by atoms with Crippen LogP contribution in [0.5, 0.6) is 0 Å². The van der Waals surface area contributed by atoms with E-state index in [2.05, 4.69) is 12.2 Å². The van der Waals surface area contributed by atoms with Crippen molar-refractivity contribution in [2.24, 2.45) is 0 Å². The van der Waals surface area contributed by atoms with E-state index in [0.717, 1.165) is 25.8 Å². The summed E-state index contributed by atoms with van der Waals surface area (Å²) in [7, 11) is -0.415. The zero-order valence-electron chi connectivity index (χ0n) is 20.8. The van der Waals surface area contributed by atoms with Crippen molar-refractivity contribution in [3.63, 3.8) is 0 Å². The molecule has 1 N–H and O–H groups in total. The largest absolute Gasteiger partial charge is 0.748 e. The summed E-state index contributed by atoms with van der Waals surface area (Å²) in [5, 5.41) is 2.06. The lowest BCUT2D eigenvalue weighted by atomic mass is 10.0. The highest BCUT2D eigenvalue weighted by Crippen LogP contribution is 2.13. The number of hydrogen-bond donors (Lipinski definition) is 1. The van der Waals surface area contributed by atoms with E-state index in [4.69, 9.17) is 0 Å². The topological polar surface area (TPSA) is 86.3 Å². The van der Waals surface area contributed by atoms with Crippen LogP contribution in [0.2, 0.25) is 0 Å². The van der Waals surface area contributed by atoms with Gasteiger partial charge < -0.3 is 14.4 Å². The number of rotatable bonds is 21. The summed E-state index contributed by atoms with van der Waals surface area (Å²) < 4.78 is 33.7. The summed E-state index contributed by atoms with van der Waals surface area (Å²) in [5.74, 6) is 0.101. The molecule has 1 unspecified atom stereocenters. The van der Waals surface area contributed by atoms with Crippen molar-refractivity contribution in [1.82, 2.24) is 5.32 Å². The van der Waals surface area contributed by atoms with Gasteiger partial charge in [0.2, 0.25) is 5.91 Å². The Bertz CT molecular complexity index is 550. The molecule has 0 aromatic heterocycles. The molecule has 31 heavy (non-hydrogen) atoms. The van der Waals surface area contributed by atoms with Gasteiger partial charge in [-0.1, -0.05) is 84.0 Å². The Labute approximate surface area is 192 Å². The van der Waals surface area contributed by atoms with Gasteiger partial charge in [-0.3, -0.25) is 4.79 Å². The van der Waals surface area contributed by atoms with Crippen LogP contribution in [-0.4, -0.2) is 62.3 Å². The molecule has 0 rings (SSSR count). The Morgan fingerprint density at radius 3 is 1.74 bits per heavy atom. The minimum absolute atomic E-state index is 0.101. The van der Waals surface area contributed by atoms with Crippen LogP contribution < -0.4 is 5.32 Å². The molecule has 0 saturated heterocycles. The molecule has 0 fully saturated rings. The number of hydrogen-bond acceptors (Lipinski definition) is 4. The van der Waals surface area contributed by atoms with E-state index in [9.17, 15) is 17.8 Å². The predicted molar refractivity (Wildman–Crippen MR) is 129 cm³/mol. The normalized spacial score (nSPS) is 13.3. The highest BCUT2D eigenvalue weighted by atomic mass is 32.2. The average molecular weight is 463 g/mol. The third-order valence-corrected chi connectivity index (χ3v) is 7.15. The lowest BCUT2D eigenvalue weighted by molar-refractivity contribution is -0.889. The van der Waals surface area contributed by atoms with E-state index in [1.54, 1.807) is 0 Å². The quantitative estimate of drug-likeness (QED) is 0.148.